The number of ether oxygens (including phenoxy) is 2. The largest absolute Gasteiger partial charge is 0.352 e. The molecule has 0 spiro atoms. The van der Waals surface area contributed by atoms with Crippen molar-refractivity contribution in [2.75, 3.05) is 19.8 Å². The Kier molecular flexibility index (Phi) is 6.45. The van der Waals surface area contributed by atoms with Crippen LogP contribution in [-0.2, 0) is 9.47 Å². The van der Waals surface area contributed by atoms with Gasteiger partial charge >= 0.3 is 0 Å². The van der Waals surface area contributed by atoms with Gasteiger partial charge in [-0.2, -0.15) is 0 Å². The fourth-order valence-electron chi connectivity index (χ4n) is 1.88. The van der Waals surface area contributed by atoms with Gasteiger partial charge in [0.15, 0.2) is 6.29 Å². The van der Waals surface area contributed by atoms with Gasteiger partial charge in [-0.15, -0.1) is 0 Å². The van der Waals surface area contributed by atoms with Crippen molar-refractivity contribution in [1.29, 1.82) is 0 Å². The van der Waals surface area contributed by atoms with Gasteiger partial charge in [0.05, 0.1) is 13.2 Å². The van der Waals surface area contributed by atoms with Gasteiger partial charge in [-0.3, -0.25) is 0 Å². The summed E-state index contributed by atoms with van der Waals surface area (Å²) in [5.41, 5.74) is 0.232. The van der Waals surface area contributed by atoms with Crippen molar-refractivity contribution >= 4 is 0 Å². The van der Waals surface area contributed by atoms with E-state index in [9.17, 15) is 0 Å². The monoisotopic (exact) mass is 243 g/mol. The van der Waals surface area contributed by atoms with E-state index >= 15 is 0 Å². The SMILES string of the molecule is CCC1(C)COC(CCCCNC(C)C)OC1. The third-order valence-electron chi connectivity index (χ3n) is 3.51. The lowest BCUT2D eigenvalue weighted by Crippen LogP contribution is -2.39. The molecule has 0 atom stereocenters. The molecule has 0 aliphatic carbocycles. The highest BCUT2D eigenvalue weighted by molar-refractivity contribution is 4.75. The van der Waals surface area contributed by atoms with Crippen molar-refractivity contribution in [3.8, 4) is 0 Å². The highest BCUT2D eigenvalue weighted by Gasteiger charge is 2.30. The lowest BCUT2D eigenvalue weighted by molar-refractivity contribution is -0.228. The van der Waals surface area contributed by atoms with Crippen molar-refractivity contribution in [2.45, 2.75) is 65.7 Å². The zero-order valence-corrected chi connectivity index (χ0v) is 11.9. The normalized spacial score (nSPS) is 29.8. The molecule has 0 unspecified atom stereocenters. The van der Waals surface area contributed by atoms with Crippen molar-refractivity contribution in [3.63, 3.8) is 0 Å². The molecule has 0 saturated carbocycles. The van der Waals surface area contributed by atoms with Crippen LogP contribution in [0.3, 0.4) is 0 Å². The summed E-state index contributed by atoms with van der Waals surface area (Å²) >= 11 is 0. The van der Waals surface area contributed by atoms with Crippen LogP contribution in [0.25, 0.3) is 0 Å². The molecule has 17 heavy (non-hydrogen) atoms. The predicted octanol–water partition coefficient (Wildman–Crippen LogP) is 2.94. The van der Waals surface area contributed by atoms with E-state index in [0.29, 0.717) is 6.04 Å². The van der Waals surface area contributed by atoms with Crippen molar-refractivity contribution in [3.05, 3.63) is 0 Å². The standard InChI is InChI=1S/C14H29NO2/c1-5-14(4)10-16-13(17-11-14)8-6-7-9-15-12(2)3/h12-13,15H,5-11H2,1-4H3. The fraction of sp³-hybridized carbons (Fsp3) is 1.00. The predicted molar refractivity (Wildman–Crippen MR) is 71.1 cm³/mol. The van der Waals surface area contributed by atoms with E-state index in [2.05, 4.69) is 33.0 Å². The molecule has 102 valence electrons. The minimum Gasteiger partial charge on any atom is -0.352 e. The highest BCUT2D eigenvalue weighted by Crippen LogP contribution is 2.28. The van der Waals surface area contributed by atoms with Gasteiger partial charge < -0.3 is 14.8 Å². The Morgan fingerprint density at radius 2 is 1.88 bits per heavy atom. The summed E-state index contributed by atoms with van der Waals surface area (Å²) in [6, 6.07) is 0.586. The van der Waals surface area contributed by atoms with E-state index in [-0.39, 0.29) is 11.7 Å². The van der Waals surface area contributed by atoms with Crippen LogP contribution in [0.4, 0.5) is 0 Å². The van der Waals surface area contributed by atoms with Crippen LogP contribution < -0.4 is 5.32 Å². The number of unbranched alkanes of at least 4 members (excludes halogenated alkanes) is 1. The molecule has 1 N–H and O–H groups in total. The maximum Gasteiger partial charge on any atom is 0.157 e. The Morgan fingerprint density at radius 1 is 1.24 bits per heavy atom. The van der Waals surface area contributed by atoms with Gasteiger partial charge in [0.25, 0.3) is 0 Å². The lowest BCUT2D eigenvalue weighted by atomic mass is 9.89. The zero-order chi connectivity index (χ0) is 12.7. The summed E-state index contributed by atoms with van der Waals surface area (Å²) in [6.45, 7) is 11.6. The molecule has 1 aliphatic rings. The number of rotatable bonds is 7. The van der Waals surface area contributed by atoms with E-state index in [1.807, 2.05) is 0 Å². The summed E-state index contributed by atoms with van der Waals surface area (Å²) in [4.78, 5) is 0. The maximum atomic E-state index is 5.77. The molecule has 0 aromatic heterocycles. The van der Waals surface area contributed by atoms with E-state index in [1.54, 1.807) is 0 Å². The quantitative estimate of drug-likeness (QED) is 0.697. The third-order valence-corrected chi connectivity index (χ3v) is 3.51. The smallest absolute Gasteiger partial charge is 0.157 e. The van der Waals surface area contributed by atoms with Crippen LogP contribution >= 0.6 is 0 Å². The van der Waals surface area contributed by atoms with Crippen LogP contribution in [0.5, 0.6) is 0 Å². The molecule has 3 nitrogen and oxygen atoms in total. The van der Waals surface area contributed by atoms with Gasteiger partial charge in [0.1, 0.15) is 0 Å². The Hall–Kier alpha value is -0.120. The van der Waals surface area contributed by atoms with Crippen molar-refractivity contribution in [1.82, 2.24) is 5.32 Å². The van der Waals surface area contributed by atoms with Gasteiger partial charge in [0.2, 0.25) is 0 Å². The van der Waals surface area contributed by atoms with E-state index in [0.717, 1.165) is 32.6 Å². The first-order chi connectivity index (χ1) is 8.06. The average Bonchev–Trinajstić information content (AvgIpc) is 2.31. The third kappa shape index (κ3) is 5.84. The molecule has 1 rings (SSSR count). The van der Waals surface area contributed by atoms with Gasteiger partial charge in [-0.1, -0.05) is 27.7 Å². The second-order valence-corrected chi connectivity index (χ2v) is 5.82. The lowest BCUT2D eigenvalue weighted by Gasteiger charge is -2.36. The zero-order valence-electron chi connectivity index (χ0n) is 11.9. The molecule has 1 saturated heterocycles. The van der Waals surface area contributed by atoms with E-state index in [1.165, 1.54) is 12.8 Å². The van der Waals surface area contributed by atoms with Crippen LogP contribution in [0.1, 0.15) is 53.4 Å². The Morgan fingerprint density at radius 3 is 2.41 bits per heavy atom. The average molecular weight is 243 g/mol. The molecule has 1 heterocycles. The Labute approximate surface area is 106 Å². The molecule has 0 aromatic carbocycles. The molecule has 0 amide bonds. The first-order valence-corrected chi connectivity index (χ1v) is 7.02. The summed E-state index contributed by atoms with van der Waals surface area (Å²) < 4.78 is 11.5. The summed E-state index contributed by atoms with van der Waals surface area (Å²) in [7, 11) is 0. The van der Waals surface area contributed by atoms with Crippen LogP contribution in [-0.4, -0.2) is 32.1 Å². The number of nitrogens with one attached hydrogen (secondary N) is 1. The fourth-order valence-corrected chi connectivity index (χ4v) is 1.88. The molecular weight excluding hydrogens is 214 g/mol. The molecule has 0 bridgehead atoms. The highest BCUT2D eigenvalue weighted by atomic mass is 16.7. The van der Waals surface area contributed by atoms with Crippen LogP contribution in [0.15, 0.2) is 0 Å². The summed E-state index contributed by atoms with van der Waals surface area (Å²) in [6.07, 6.45) is 4.56. The van der Waals surface area contributed by atoms with E-state index in [4.69, 9.17) is 9.47 Å². The molecule has 0 aromatic rings. The second-order valence-electron chi connectivity index (χ2n) is 5.82. The minimum atomic E-state index is 0.0358. The van der Waals surface area contributed by atoms with Crippen molar-refractivity contribution < 1.29 is 9.47 Å². The minimum absolute atomic E-state index is 0.0358. The molecule has 3 heteroatoms. The van der Waals surface area contributed by atoms with Crippen molar-refractivity contribution in [2.24, 2.45) is 5.41 Å². The first kappa shape index (κ1) is 14.9. The van der Waals surface area contributed by atoms with E-state index < -0.39 is 0 Å². The second kappa shape index (κ2) is 7.34. The summed E-state index contributed by atoms with van der Waals surface area (Å²) in [5, 5.41) is 3.42. The maximum absolute atomic E-state index is 5.77. The van der Waals surface area contributed by atoms with Crippen LogP contribution in [0, 0.1) is 5.41 Å². The molecule has 0 radical (unpaired) electrons. The Bertz CT molecular complexity index is 198. The summed E-state index contributed by atoms with van der Waals surface area (Å²) in [5.74, 6) is 0. The first-order valence-electron chi connectivity index (χ1n) is 7.02. The molecular formula is C14H29NO2. The number of hydrogen-bond acceptors (Lipinski definition) is 3. The van der Waals surface area contributed by atoms with Gasteiger partial charge in [-0.05, 0) is 32.2 Å². The molecule has 1 aliphatic heterocycles. The van der Waals surface area contributed by atoms with Crippen LogP contribution in [0.2, 0.25) is 0 Å². The molecule has 1 fully saturated rings. The number of hydrogen-bond donors (Lipinski definition) is 1. The Balaban J connectivity index is 2.03. The van der Waals surface area contributed by atoms with Gasteiger partial charge in [-0.25, -0.2) is 0 Å². The topological polar surface area (TPSA) is 30.5 Å². The van der Waals surface area contributed by atoms with Gasteiger partial charge in [0, 0.05) is 11.5 Å².